The summed E-state index contributed by atoms with van der Waals surface area (Å²) in [5.41, 5.74) is 0.574. The number of carbonyl (C=O) groups is 1. The summed E-state index contributed by atoms with van der Waals surface area (Å²) in [5, 5.41) is 2.94. The van der Waals surface area contributed by atoms with Crippen molar-refractivity contribution in [3.8, 4) is 0 Å². The highest BCUT2D eigenvalue weighted by atomic mass is 16.7. The maximum Gasteiger partial charge on any atom is 0.514 e. The van der Waals surface area contributed by atoms with Crippen LogP contribution in [0.1, 0.15) is 54.4 Å². The van der Waals surface area contributed by atoms with Gasteiger partial charge in [0.25, 0.3) is 0 Å². The Hall–Kier alpha value is -1.40. The molecule has 6 heteroatoms. The highest BCUT2D eigenvalue weighted by molar-refractivity contribution is 6.61. The lowest BCUT2D eigenvalue weighted by molar-refractivity contribution is -0.119. The molecule has 1 aromatic rings. The van der Waals surface area contributed by atoms with Crippen molar-refractivity contribution in [2.75, 3.05) is 5.32 Å². The van der Waals surface area contributed by atoms with Crippen molar-refractivity contribution < 1.29 is 14.1 Å². The van der Waals surface area contributed by atoms with Crippen molar-refractivity contribution in [1.29, 1.82) is 0 Å². The third-order valence-electron chi connectivity index (χ3n) is 4.71. The zero-order valence-electron chi connectivity index (χ0n) is 15.0. The molecular formula is C17H27BN2O3. The summed E-state index contributed by atoms with van der Waals surface area (Å²) < 4.78 is 12.0. The van der Waals surface area contributed by atoms with Crippen molar-refractivity contribution in [2.24, 2.45) is 5.92 Å². The highest BCUT2D eigenvalue weighted by Crippen LogP contribution is 2.36. The molecular weight excluding hydrogens is 291 g/mol. The number of nitrogens with zero attached hydrogens (tertiary/aromatic N) is 1. The number of aromatic nitrogens is 1. The first-order valence-corrected chi connectivity index (χ1v) is 8.28. The number of anilines is 1. The van der Waals surface area contributed by atoms with Crippen LogP contribution < -0.4 is 10.9 Å². The molecule has 0 aliphatic carbocycles. The number of pyridine rings is 1. The van der Waals surface area contributed by atoms with E-state index >= 15 is 0 Å². The number of hydrogen-bond donors (Lipinski definition) is 1. The minimum absolute atomic E-state index is 0.00605. The minimum Gasteiger partial charge on any atom is -0.398 e. The SMILES string of the molecule is CCCC(C)C(=O)Nc1ccnc(B2OC(C)(C)C(C)(C)O2)c1. The fourth-order valence-corrected chi connectivity index (χ4v) is 2.45. The van der Waals surface area contributed by atoms with Crippen molar-refractivity contribution in [2.45, 2.75) is 65.6 Å². The van der Waals surface area contributed by atoms with Gasteiger partial charge in [-0.2, -0.15) is 0 Å². The van der Waals surface area contributed by atoms with Crippen LogP contribution in [0.5, 0.6) is 0 Å². The van der Waals surface area contributed by atoms with Gasteiger partial charge in [0.15, 0.2) is 0 Å². The Morgan fingerprint density at radius 1 is 1.30 bits per heavy atom. The van der Waals surface area contributed by atoms with Crippen LogP contribution >= 0.6 is 0 Å². The number of carbonyl (C=O) groups excluding carboxylic acids is 1. The van der Waals surface area contributed by atoms with E-state index in [1.165, 1.54) is 0 Å². The molecule has 1 fully saturated rings. The van der Waals surface area contributed by atoms with E-state index in [2.05, 4.69) is 17.2 Å². The van der Waals surface area contributed by atoms with Gasteiger partial charge < -0.3 is 14.6 Å². The molecule has 23 heavy (non-hydrogen) atoms. The summed E-state index contributed by atoms with van der Waals surface area (Å²) in [6, 6.07) is 3.60. The first kappa shape index (κ1) is 18.0. The molecule has 2 rings (SSSR count). The zero-order valence-corrected chi connectivity index (χ0v) is 15.0. The Kier molecular flexibility index (Phi) is 5.16. The van der Waals surface area contributed by atoms with Crippen LogP contribution in [-0.4, -0.2) is 29.2 Å². The Morgan fingerprint density at radius 2 is 1.91 bits per heavy atom. The van der Waals surface area contributed by atoms with Crippen LogP contribution in [0.4, 0.5) is 5.69 Å². The summed E-state index contributed by atoms with van der Waals surface area (Å²) in [5.74, 6) is 0.0198. The molecule has 1 saturated heterocycles. The van der Waals surface area contributed by atoms with Crippen LogP contribution in [0.3, 0.4) is 0 Å². The average Bonchev–Trinajstić information content (AvgIpc) is 2.68. The maximum atomic E-state index is 12.1. The molecule has 0 radical (unpaired) electrons. The molecule has 0 bridgehead atoms. The summed E-state index contributed by atoms with van der Waals surface area (Å²) >= 11 is 0. The van der Waals surface area contributed by atoms with E-state index in [0.29, 0.717) is 5.59 Å². The third kappa shape index (κ3) is 3.93. The van der Waals surface area contributed by atoms with Crippen LogP contribution in [0.25, 0.3) is 0 Å². The van der Waals surface area contributed by atoms with Crippen LogP contribution in [-0.2, 0) is 14.1 Å². The number of rotatable bonds is 5. The van der Waals surface area contributed by atoms with Gasteiger partial charge in [0.2, 0.25) is 5.91 Å². The van der Waals surface area contributed by atoms with E-state index in [4.69, 9.17) is 9.31 Å². The maximum absolute atomic E-state index is 12.1. The third-order valence-corrected chi connectivity index (χ3v) is 4.71. The Labute approximate surface area is 139 Å². The van der Waals surface area contributed by atoms with E-state index < -0.39 is 18.3 Å². The van der Waals surface area contributed by atoms with Gasteiger partial charge >= 0.3 is 7.12 Å². The average molecular weight is 318 g/mol. The first-order chi connectivity index (χ1) is 10.7. The fourth-order valence-electron chi connectivity index (χ4n) is 2.45. The van der Waals surface area contributed by atoms with Crippen LogP contribution in [0, 0.1) is 5.92 Å². The second-order valence-corrected chi connectivity index (χ2v) is 7.24. The van der Waals surface area contributed by atoms with E-state index in [-0.39, 0.29) is 11.8 Å². The Morgan fingerprint density at radius 3 is 2.48 bits per heavy atom. The summed E-state index contributed by atoms with van der Waals surface area (Å²) in [6.45, 7) is 12.0. The summed E-state index contributed by atoms with van der Waals surface area (Å²) in [4.78, 5) is 16.5. The Bertz CT molecular complexity index is 559. The molecule has 1 aromatic heterocycles. The van der Waals surface area contributed by atoms with Crippen LogP contribution in [0.15, 0.2) is 18.3 Å². The molecule has 0 saturated carbocycles. The van der Waals surface area contributed by atoms with Gasteiger partial charge in [-0.05, 0) is 46.2 Å². The van der Waals surface area contributed by atoms with Crippen molar-refractivity contribution >= 4 is 24.3 Å². The van der Waals surface area contributed by atoms with Crippen molar-refractivity contribution in [1.82, 2.24) is 4.98 Å². The standard InChI is InChI=1S/C17H27BN2O3/c1-7-8-12(2)15(21)20-13-9-10-19-14(11-13)18-22-16(3,4)17(5,6)23-18/h9-12H,7-8H2,1-6H3,(H,19,20,21). The van der Waals surface area contributed by atoms with Gasteiger partial charge in [-0.15, -0.1) is 0 Å². The minimum atomic E-state index is -0.523. The molecule has 1 N–H and O–H groups in total. The largest absolute Gasteiger partial charge is 0.514 e. The van der Waals surface area contributed by atoms with Gasteiger partial charge in [-0.25, -0.2) is 0 Å². The summed E-state index contributed by atoms with van der Waals surface area (Å²) in [7, 11) is -0.523. The second kappa shape index (κ2) is 6.61. The van der Waals surface area contributed by atoms with Crippen molar-refractivity contribution in [3.63, 3.8) is 0 Å². The first-order valence-electron chi connectivity index (χ1n) is 8.28. The molecule has 5 nitrogen and oxygen atoms in total. The van der Waals surface area contributed by atoms with Gasteiger partial charge in [0.05, 0.1) is 16.8 Å². The molecule has 1 amide bonds. The smallest absolute Gasteiger partial charge is 0.398 e. The normalized spacial score (nSPS) is 20.3. The number of amides is 1. The van der Waals surface area contributed by atoms with E-state index in [1.54, 1.807) is 12.3 Å². The lowest BCUT2D eigenvalue weighted by Gasteiger charge is -2.32. The molecule has 0 spiro atoms. The number of hydrogen-bond acceptors (Lipinski definition) is 4. The Balaban J connectivity index is 2.11. The van der Waals surface area contributed by atoms with Crippen LogP contribution in [0.2, 0.25) is 0 Å². The summed E-state index contributed by atoms with van der Waals surface area (Å²) in [6.07, 6.45) is 3.53. The van der Waals surface area contributed by atoms with Gasteiger partial charge in [0.1, 0.15) is 0 Å². The lowest BCUT2D eigenvalue weighted by atomic mass is 9.84. The van der Waals surface area contributed by atoms with E-state index in [1.807, 2.05) is 40.7 Å². The lowest BCUT2D eigenvalue weighted by Crippen LogP contribution is -2.41. The second-order valence-electron chi connectivity index (χ2n) is 7.24. The van der Waals surface area contributed by atoms with Gasteiger partial charge in [-0.1, -0.05) is 20.3 Å². The molecule has 126 valence electrons. The monoisotopic (exact) mass is 318 g/mol. The molecule has 1 unspecified atom stereocenters. The molecule has 2 heterocycles. The van der Waals surface area contributed by atoms with E-state index in [0.717, 1.165) is 18.5 Å². The molecule has 1 atom stereocenters. The predicted octanol–water partition coefficient (Wildman–Crippen LogP) is 2.76. The highest BCUT2D eigenvalue weighted by Gasteiger charge is 2.52. The molecule has 1 aliphatic heterocycles. The van der Waals surface area contributed by atoms with E-state index in [9.17, 15) is 4.79 Å². The number of nitrogens with one attached hydrogen (secondary N) is 1. The quantitative estimate of drug-likeness (QED) is 0.848. The van der Waals surface area contributed by atoms with Gasteiger partial charge in [0, 0.05) is 17.8 Å². The predicted molar refractivity (Wildman–Crippen MR) is 92.7 cm³/mol. The fraction of sp³-hybridized carbons (Fsp3) is 0.647. The molecule has 0 aromatic carbocycles. The topological polar surface area (TPSA) is 60.5 Å². The molecule has 1 aliphatic rings. The van der Waals surface area contributed by atoms with Crippen molar-refractivity contribution in [3.05, 3.63) is 18.3 Å². The zero-order chi connectivity index (χ0) is 17.3. The van der Waals surface area contributed by atoms with Gasteiger partial charge in [-0.3, -0.25) is 9.78 Å².